The van der Waals surface area contributed by atoms with Crippen LogP contribution in [0.3, 0.4) is 0 Å². The van der Waals surface area contributed by atoms with Gasteiger partial charge in [-0.3, -0.25) is 0 Å². The largest absolute Gasteiger partial charge is 0.458 e. The molecule has 2 aromatic rings. The number of hydrogen-bond acceptors (Lipinski definition) is 5. The molecule has 2 heterocycles. The predicted octanol–water partition coefficient (Wildman–Crippen LogP) is 2.96. The van der Waals surface area contributed by atoms with Crippen LogP contribution in [0.5, 0.6) is 0 Å². The summed E-state index contributed by atoms with van der Waals surface area (Å²) in [4.78, 5) is 22.7. The molecule has 0 aliphatic carbocycles. The standard InChI is InChI=1S/C16H15NO4S/c1-10-14(15(18)21-10)17-16(19)20-8-11-2-4-12(5-3-11)13-6-7-22-9-13/h2-7,9-10,14H,8H2,1H3,(H,17,19)/t10-,14+/m0/s1. The van der Waals surface area contributed by atoms with Crippen LogP contribution in [0, 0.1) is 0 Å². The fourth-order valence-corrected chi connectivity index (χ4v) is 2.82. The van der Waals surface area contributed by atoms with Gasteiger partial charge in [-0.1, -0.05) is 24.3 Å². The molecule has 1 aliphatic rings. The number of carbonyl (C=O) groups is 2. The molecule has 0 saturated carbocycles. The average Bonchev–Trinajstić information content (AvgIpc) is 3.06. The Morgan fingerprint density at radius 2 is 2.05 bits per heavy atom. The Morgan fingerprint density at radius 1 is 1.27 bits per heavy atom. The Kier molecular flexibility index (Phi) is 4.11. The summed E-state index contributed by atoms with van der Waals surface area (Å²) in [5.74, 6) is -0.426. The van der Waals surface area contributed by atoms with Crippen molar-refractivity contribution in [2.24, 2.45) is 0 Å². The van der Waals surface area contributed by atoms with Crippen molar-refractivity contribution in [1.82, 2.24) is 5.32 Å². The second kappa shape index (κ2) is 6.19. The zero-order chi connectivity index (χ0) is 15.5. The Morgan fingerprint density at radius 3 is 2.64 bits per heavy atom. The molecule has 5 nitrogen and oxygen atoms in total. The Bertz CT molecular complexity index is 666. The van der Waals surface area contributed by atoms with Gasteiger partial charge in [-0.2, -0.15) is 11.3 Å². The number of nitrogens with one attached hydrogen (secondary N) is 1. The predicted molar refractivity (Wildman–Crippen MR) is 82.4 cm³/mol. The van der Waals surface area contributed by atoms with Gasteiger partial charge in [0.2, 0.25) is 0 Å². The van der Waals surface area contributed by atoms with Crippen LogP contribution in [0.2, 0.25) is 0 Å². The molecule has 1 fully saturated rings. The van der Waals surface area contributed by atoms with E-state index in [9.17, 15) is 9.59 Å². The van der Waals surface area contributed by atoms with Crippen molar-refractivity contribution in [3.8, 4) is 11.1 Å². The molecule has 0 unspecified atom stereocenters. The number of esters is 1. The van der Waals surface area contributed by atoms with Crippen LogP contribution in [-0.2, 0) is 20.9 Å². The quantitative estimate of drug-likeness (QED) is 0.881. The smallest absolute Gasteiger partial charge is 0.408 e. The number of thiophene rings is 1. The summed E-state index contributed by atoms with van der Waals surface area (Å²) in [5, 5.41) is 6.60. The third kappa shape index (κ3) is 3.12. The molecule has 22 heavy (non-hydrogen) atoms. The molecule has 1 aromatic carbocycles. The van der Waals surface area contributed by atoms with Crippen LogP contribution in [0.15, 0.2) is 41.1 Å². The van der Waals surface area contributed by atoms with E-state index in [1.807, 2.05) is 29.6 Å². The molecule has 1 saturated heterocycles. The van der Waals surface area contributed by atoms with Gasteiger partial charge in [0, 0.05) is 0 Å². The Labute approximate surface area is 131 Å². The highest BCUT2D eigenvalue weighted by molar-refractivity contribution is 7.08. The van der Waals surface area contributed by atoms with Crippen molar-refractivity contribution in [1.29, 1.82) is 0 Å². The normalized spacial score (nSPS) is 20.0. The molecule has 6 heteroatoms. The maximum absolute atomic E-state index is 11.6. The summed E-state index contributed by atoms with van der Waals surface area (Å²) in [6.07, 6.45) is -0.916. The molecule has 3 rings (SSSR count). The van der Waals surface area contributed by atoms with E-state index in [0.29, 0.717) is 0 Å². The molecular formula is C16H15NO4S. The fraction of sp³-hybridized carbons (Fsp3) is 0.250. The van der Waals surface area contributed by atoms with Gasteiger partial charge in [0.25, 0.3) is 0 Å². The summed E-state index contributed by atoms with van der Waals surface area (Å²) in [5.41, 5.74) is 3.19. The Balaban J connectivity index is 1.51. The van der Waals surface area contributed by atoms with Crippen LogP contribution in [0.25, 0.3) is 11.1 Å². The van der Waals surface area contributed by atoms with Crippen molar-refractivity contribution in [3.63, 3.8) is 0 Å². The van der Waals surface area contributed by atoms with Gasteiger partial charge in [0.1, 0.15) is 12.7 Å². The number of hydrogen-bond donors (Lipinski definition) is 1. The number of rotatable bonds is 4. The number of carbonyl (C=O) groups excluding carboxylic acids is 2. The van der Waals surface area contributed by atoms with E-state index in [2.05, 4.69) is 16.8 Å². The van der Waals surface area contributed by atoms with Crippen LogP contribution in [0.4, 0.5) is 4.79 Å². The highest BCUT2D eigenvalue weighted by Gasteiger charge is 2.40. The van der Waals surface area contributed by atoms with Crippen LogP contribution in [0.1, 0.15) is 12.5 Å². The fourth-order valence-electron chi connectivity index (χ4n) is 2.16. The first-order valence-electron chi connectivity index (χ1n) is 6.89. The van der Waals surface area contributed by atoms with E-state index < -0.39 is 18.1 Å². The molecule has 1 amide bonds. The van der Waals surface area contributed by atoms with E-state index in [0.717, 1.165) is 11.1 Å². The second-order valence-electron chi connectivity index (χ2n) is 5.05. The summed E-state index contributed by atoms with van der Waals surface area (Å²) < 4.78 is 9.86. The number of alkyl carbamates (subject to hydrolysis) is 1. The van der Waals surface area contributed by atoms with Crippen molar-refractivity contribution in [2.75, 3.05) is 0 Å². The topological polar surface area (TPSA) is 64.6 Å². The molecule has 1 aromatic heterocycles. The maximum atomic E-state index is 11.6. The Hall–Kier alpha value is -2.34. The SMILES string of the molecule is C[C@@H]1OC(=O)[C@@H]1NC(=O)OCc1ccc(-c2ccsc2)cc1. The molecular weight excluding hydrogens is 302 g/mol. The first kappa shape index (κ1) is 14.6. The molecule has 0 bridgehead atoms. The van der Waals surface area contributed by atoms with Crippen molar-refractivity contribution >= 4 is 23.4 Å². The van der Waals surface area contributed by atoms with Gasteiger partial charge in [-0.15, -0.1) is 0 Å². The van der Waals surface area contributed by atoms with Gasteiger partial charge in [0.05, 0.1) is 0 Å². The minimum absolute atomic E-state index is 0.159. The van der Waals surface area contributed by atoms with Crippen LogP contribution < -0.4 is 5.32 Å². The van der Waals surface area contributed by atoms with E-state index in [4.69, 9.17) is 9.47 Å². The van der Waals surface area contributed by atoms with E-state index in [-0.39, 0.29) is 12.7 Å². The van der Waals surface area contributed by atoms with Crippen molar-refractivity contribution < 1.29 is 19.1 Å². The van der Waals surface area contributed by atoms with E-state index in [1.165, 1.54) is 5.56 Å². The van der Waals surface area contributed by atoms with E-state index >= 15 is 0 Å². The molecule has 0 spiro atoms. The zero-order valence-corrected chi connectivity index (χ0v) is 12.8. The first-order valence-corrected chi connectivity index (χ1v) is 7.83. The number of ether oxygens (including phenoxy) is 2. The van der Waals surface area contributed by atoms with Gasteiger partial charge in [-0.25, -0.2) is 9.59 Å². The number of amides is 1. The van der Waals surface area contributed by atoms with Gasteiger partial charge >= 0.3 is 12.1 Å². The summed E-state index contributed by atoms with van der Waals surface area (Å²) >= 11 is 1.65. The minimum atomic E-state index is -0.615. The molecule has 114 valence electrons. The average molecular weight is 317 g/mol. The zero-order valence-electron chi connectivity index (χ0n) is 11.9. The van der Waals surface area contributed by atoms with Gasteiger partial charge < -0.3 is 14.8 Å². The lowest BCUT2D eigenvalue weighted by Crippen LogP contribution is -2.58. The lowest BCUT2D eigenvalue weighted by Gasteiger charge is -2.32. The highest BCUT2D eigenvalue weighted by atomic mass is 32.1. The third-order valence-corrected chi connectivity index (χ3v) is 4.16. The van der Waals surface area contributed by atoms with Gasteiger partial charge in [0.15, 0.2) is 6.04 Å². The molecule has 1 aliphatic heterocycles. The first-order chi connectivity index (χ1) is 10.6. The minimum Gasteiger partial charge on any atom is -0.458 e. The lowest BCUT2D eigenvalue weighted by atomic mass is 10.1. The van der Waals surface area contributed by atoms with Gasteiger partial charge in [-0.05, 0) is 40.4 Å². The number of benzene rings is 1. The summed E-state index contributed by atoms with van der Waals surface area (Å²) in [6.45, 7) is 1.88. The highest BCUT2D eigenvalue weighted by Crippen LogP contribution is 2.22. The van der Waals surface area contributed by atoms with E-state index in [1.54, 1.807) is 18.3 Å². The van der Waals surface area contributed by atoms with Crippen LogP contribution in [-0.4, -0.2) is 24.2 Å². The molecule has 2 atom stereocenters. The molecule has 1 N–H and O–H groups in total. The third-order valence-electron chi connectivity index (χ3n) is 3.48. The summed E-state index contributed by atoms with van der Waals surface area (Å²) in [6, 6.07) is 9.27. The second-order valence-corrected chi connectivity index (χ2v) is 5.83. The lowest BCUT2D eigenvalue weighted by molar-refractivity contribution is -0.174. The maximum Gasteiger partial charge on any atom is 0.408 e. The van der Waals surface area contributed by atoms with Crippen LogP contribution >= 0.6 is 11.3 Å². The summed E-state index contributed by atoms with van der Waals surface area (Å²) in [7, 11) is 0. The monoisotopic (exact) mass is 317 g/mol. The van der Waals surface area contributed by atoms with Crippen molar-refractivity contribution in [2.45, 2.75) is 25.7 Å². The van der Waals surface area contributed by atoms with Crippen molar-refractivity contribution in [3.05, 3.63) is 46.7 Å². The molecule has 0 radical (unpaired) electrons. The number of cyclic esters (lactones) is 1.